The molecule has 0 bridgehead atoms. The summed E-state index contributed by atoms with van der Waals surface area (Å²) >= 11 is 0. The highest BCUT2D eigenvalue weighted by Gasteiger charge is 2.21. The van der Waals surface area contributed by atoms with Gasteiger partial charge in [0.05, 0.1) is 29.9 Å². The number of fused-ring (bicyclic) bond motifs is 1. The molecule has 0 spiro atoms. The lowest BCUT2D eigenvalue weighted by Gasteiger charge is -2.13. The standard InChI is InChI=1S/C16H16N4O5S/c21-10-13(19-16(22)23)7-12-6-11-8-18-20(15(11)9-17-12)26(24,25)14-4-2-1-3-5-14/h1-6,8-9,13,19,21H,7,10H2,(H,22,23)/t13-/m0/s1. The molecule has 0 aliphatic heterocycles. The largest absolute Gasteiger partial charge is 0.465 e. The first-order chi connectivity index (χ1) is 12.4. The number of hydrogen-bond donors (Lipinski definition) is 3. The molecular formula is C16H16N4O5S. The summed E-state index contributed by atoms with van der Waals surface area (Å²) in [4.78, 5) is 15.0. The molecule has 3 N–H and O–H groups in total. The van der Waals surface area contributed by atoms with E-state index in [4.69, 9.17) is 5.11 Å². The number of carboxylic acid groups (broad SMARTS) is 1. The highest BCUT2D eigenvalue weighted by atomic mass is 32.2. The SMILES string of the molecule is O=C(O)N[C@H](CO)Cc1cc2cnn(S(=O)(=O)c3ccccc3)c2cn1. The normalized spacial score (nSPS) is 12.8. The maximum Gasteiger partial charge on any atom is 0.404 e. The minimum Gasteiger partial charge on any atom is -0.465 e. The molecule has 0 saturated heterocycles. The van der Waals surface area contributed by atoms with Gasteiger partial charge in [-0.2, -0.15) is 17.6 Å². The van der Waals surface area contributed by atoms with Gasteiger partial charge in [-0.05, 0) is 18.2 Å². The Kier molecular flexibility index (Phi) is 4.87. The van der Waals surface area contributed by atoms with E-state index in [2.05, 4.69) is 15.4 Å². The molecule has 0 aliphatic rings. The number of aliphatic hydroxyl groups excluding tert-OH is 1. The van der Waals surface area contributed by atoms with Crippen LogP contribution in [0.3, 0.4) is 0 Å². The maximum atomic E-state index is 12.7. The molecule has 3 rings (SSSR count). The molecule has 0 aliphatic carbocycles. The van der Waals surface area contributed by atoms with Gasteiger partial charge in [0.2, 0.25) is 0 Å². The summed E-state index contributed by atoms with van der Waals surface area (Å²) in [6.07, 6.45) is 1.69. The number of nitrogens with one attached hydrogen (secondary N) is 1. The number of rotatable bonds is 6. The van der Waals surface area contributed by atoms with Crippen LogP contribution in [0, 0.1) is 0 Å². The summed E-state index contributed by atoms with van der Waals surface area (Å²) in [5.74, 6) is 0. The Morgan fingerprint density at radius 1 is 1.23 bits per heavy atom. The zero-order valence-electron chi connectivity index (χ0n) is 13.5. The number of pyridine rings is 1. The molecule has 1 atom stereocenters. The molecule has 9 nitrogen and oxygen atoms in total. The number of hydrogen-bond acceptors (Lipinski definition) is 6. The van der Waals surface area contributed by atoms with Crippen molar-refractivity contribution in [2.24, 2.45) is 0 Å². The van der Waals surface area contributed by atoms with Crippen molar-refractivity contribution in [3.8, 4) is 0 Å². The van der Waals surface area contributed by atoms with E-state index in [9.17, 15) is 18.3 Å². The van der Waals surface area contributed by atoms with Crippen molar-refractivity contribution in [3.05, 3.63) is 54.5 Å². The third kappa shape index (κ3) is 3.51. The van der Waals surface area contributed by atoms with Gasteiger partial charge in [0.15, 0.2) is 0 Å². The average Bonchev–Trinajstić information content (AvgIpc) is 3.05. The van der Waals surface area contributed by atoms with Gasteiger partial charge in [-0.1, -0.05) is 18.2 Å². The zero-order chi connectivity index (χ0) is 18.7. The second kappa shape index (κ2) is 7.10. The first kappa shape index (κ1) is 17.8. The Morgan fingerprint density at radius 2 is 1.96 bits per heavy atom. The van der Waals surface area contributed by atoms with E-state index in [1.165, 1.54) is 24.5 Å². The number of nitrogens with zero attached hydrogens (tertiary/aromatic N) is 3. The van der Waals surface area contributed by atoms with Crippen molar-refractivity contribution >= 4 is 27.0 Å². The second-order valence-electron chi connectivity index (χ2n) is 5.57. The fourth-order valence-electron chi connectivity index (χ4n) is 2.53. The predicted octanol–water partition coefficient (Wildman–Crippen LogP) is 0.839. The average molecular weight is 376 g/mol. The number of aliphatic hydroxyl groups is 1. The zero-order valence-corrected chi connectivity index (χ0v) is 14.3. The van der Waals surface area contributed by atoms with E-state index >= 15 is 0 Å². The Labute approximate surface area is 149 Å². The van der Waals surface area contributed by atoms with Gasteiger partial charge in [0, 0.05) is 17.5 Å². The van der Waals surface area contributed by atoms with Crippen LogP contribution in [0.4, 0.5) is 4.79 Å². The van der Waals surface area contributed by atoms with Crippen molar-refractivity contribution < 1.29 is 23.4 Å². The maximum absolute atomic E-state index is 12.7. The number of amides is 1. The summed E-state index contributed by atoms with van der Waals surface area (Å²) in [6.45, 7) is -0.381. The molecule has 136 valence electrons. The van der Waals surface area contributed by atoms with Crippen molar-refractivity contribution in [1.82, 2.24) is 19.5 Å². The quantitative estimate of drug-likeness (QED) is 0.580. The fraction of sp³-hybridized carbons (Fsp3) is 0.188. The molecule has 0 unspecified atom stereocenters. The lowest BCUT2D eigenvalue weighted by Crippen LogP contribution is -2.38. The summed E-state index contributed by atoms with van der Waals surface area (Å²) in [5, 5.41) is 24.7. The molecule has 10 heteroatoms. The molecule has 3 aromatic rings. The molecule has 0 radical (unpaired) electrons. The third-order valence-electron chi connectivity index (χ3n) is 3.75. The Bertz CT molecular complexity index is 1030. The van der Waals surface area contributed by atoms with Crippen LogP contribution in [0.1, 0.15) is 5.69 Å². The van der Waals surface area contributed by atoms with Crippen LogP contribution in [0.2, 0.25) is 0 Å². The summed E-state index contributed by atoms with van der Waals surface area (Å²) in [6, 6.07) is 8.84. The molecule has 1 aromatic carbocycles. The van der Waals surface area contributed by atoms with E-state index in [-0.39, 0.29) is 17.9 Å². The van der Waals surface area contributed by atoms with Gasteiger partial charge in [-0.15, -0.1) is 0 Å². The highest BCUT2D eigenvalue weighted by molar-refractivity contribution is 7.90. The topological polar surface area (TPSA) is 134 Å². The Morgan fingerprint density at radius 3 is 2.62 bits per heavy atom. The minimum atomic E-state index is -3.84. The van der Waals surface area contributed by atoms with E-state index in [0.717, 1.165) is 4.09 Å². The van der Waals surface area contributed by atoms with Crippen LogP contribution in [0.15, 0.2) is 53.7 Å². The lowest BCUT2D eigenvalue weighted by molar-refractivity contribution is 0.177. The van der Waals surface area contributed by atoms with Crippen molar-refractivity contribution in [2.75, 3.05) is 6.61 Å². The Balaban J connectivity index is 1.94. The van der Waals surface area contributed by atoms with E-state index in [1.807, 2.05) is 0 Å². The van der Waals surface area contributed by atoms with Gasteiger partial charge < -0.3 is 15.5 Å². The van der Waals surface area contributed by atoms with Gasteiger partial charge in [-0.25, -0.2) is 4.79 Å². The summed E-state index contributed by atoms with van der Waals surface area (Å²) in [5.41, 5.74) is 0.811. The molecule has 2 heterocycles. The molecule has 2 aromatic heterocycles. The molecule has 26 heavy (non-hydrogen) atoms. The van der Waals surface area contributed by atoms with Crippen LogP contribution < -0.4 is 5.32 Å². The smallest absolute Gasteiger partial charge is 0.404 e. The first-order valence-electron chi connectivity index (χ1n) is 7.65. The van der Waals surface area contributed by atoms with Gasteiger partial charge in [0.1, 0.15) is 5.52 Å². The summed E-state index contributed by atoms with van der Waals surface area (Å²) in [7, 11) is -3.84. The molecule has 0 saturated carbocycles. The number of aromatic nitrogens is 3. The van der Waals surface area contributed by atoms with Gasteiger partial charge >= 0.3 is 6.09 Å². The number of benzene rings is 1. The third-order valence-corrected chi connectivity index (χ3v) is 5.36. The van der Waals surface area contributed by atoms with E-state index in [0.29, 0.717) is 16.6 Å². The van der Waals surface area contributed by atoms with Crippen LogP contribution in [0.5, 0.6) is 0 Å². The second-order valence-corrected chi connectivity index (χ2v) is 7.34. The lowest BCUT2D eigenvalue weighted by atomic mass is 10.1. The van der Waals surface area contributed by atoms with Crippen LogP contribution in [-0.4, -0.2) is 51.5 Å². The molecular weight excluding hydrogens is 360 g/mol. The first-order valence-corrected chi connectivity index (χ1v) is 9.09. The van der Waals surface area contributed by atoms with E-state index in [1.54, 1.807) is 24.3 Å². The van der Waals surface area contributed by atoms with Crippen LogP contribution >= 0.6 is 0 Å². The summed E-state index contributed by atoms with van der Waals surface area (Å²) < 4.78 is 26.3. The number of carbonyl (C=O) groups is 1. The molecule has 1 amide bonds. The highest BCUT2D eigenvalue weighted by Crippen LogP contribution is 2.20. The molecule has 0 fully saturated rings. The minimum absolute atomic E-state index is 0.111. The van der Waals surface area contributed by atoms with Crippen molar-refractivity contribution in [3.63, 3.8) is 0 Å². The predicted molar refractivity (Wildman–Crippen MR) is 92.3 cm³/mol. The fourth-order valence-corrected chi connectivity index (χ4v) is 3.82. The van der Waals surface area contributed by atoms with Gasteiger partial charge in [-0.3, -0.25) is 4.98 Å². The van der Waals surface area contributed by atoms with Crippen LogP contribution in [0.25, 0.3) is 10.9 Å². The van der Waals surface area contributed by atoms with Crippen molar-refractivity contribution in [2.45, 2.75) is 17.4 Å². The monoisotopic (exact) mass is 376 g/mol. The van der Waals surface area contributed by atoms with Gasteiger partial charge in [0.25, 0.3) is 10.0 Å². The van der Waals surface area contributed by atoms with Crippen LogP contribution in [-0.2, 0) is 16.4 Å². The van der Waals surface area contributed by atoms with Crippen molar-refractivity contribution in [1.29, 1.82) is 0 Å². The Hall–Kier alpha value is -2.98. The van der Waals surface area contributed by atoms with E-state index < -0.39 is 22.2 Å².